The molecule has 1 atom stereocenters. The second kappa shape index (κ2) is 9.54. The number of amides is 1. The average molecular weight is 471 g/mol. The van der Waals surface area contributed by atoms with Gasteiger partial charge in [-0.1, -0.05) is 23.9 Å². The summed E-state index contributed by atoms with van der Waals surface area (Å²) < 4.78 is 13.7. The topological polar surface area (TPSA) is 69.5 Å². The van der Waals surface area contributed by atoms with Gasteiger partial charge < -0.3 is 18.9 Å². The van der Waals surface area contributed by atoms with Crippen LogP contribution in [0.1, 0.15) is 37.8 Å². The molecule has 2 aromatic heterocycles. The van der Waals surface area contributed by atoms with Gasteiger partial charge in [0.15, 0.2) is 22.5 Å². The first kappa shape index (κ1) is 21.3. The molecule has 0 N–H and O–H groups in total. The summed E-state index contributed by atoms with van der Waals surface area (Å²) in [6.07, 6.45) is 2.85. The smallest absolute Gasteiger partial charge is 0.233 e. The first-order chi connectivity index (χ1) is 15.7. The van der Waals surface area contributed by atoms with Crippen LogP contribution in [0.5, 0.6) is 11.5 Å². The average Bonchev–Trinajstić information content (AvgIpc) is 3.55. The second-order valence-corrected chi connectivity index (χ2v) is 9.71. The summed E-state index contributed by atoms with van der Waals surface area (Å²) in [4.78, 5) is 16.3. The molecular weight excluding hydrogens is 444 g/mol. The number of thioether (sulfide) groups is 1. The number of rotatable bonds is 6. The SMILES string of the molecule is CCn1c(SCC(=O)N2CCC[C@H]2c2ccc3c(c2)OCCCO3)nnc1-c1cccs1. The lowest BCUT2D eigenvalue weighted by Crippen LogP contribution is -2.32. The van der Waals surface area contributed by atoms with Crippen LogP contribution in [0, 0.1) is 0 Å². The zero-order valence-corrected chi connectivity index (χ0v) is 19.7. The predicted molar refractivity (Wildman–Crippen MR) is 125 cm³/mol. The summed E-state index contributed by atoms with van der Waals surface area (Å²) in [6.45, 7) is 4.95. The van der Waals surface area contributed by atoms with E-state index < -0.39 is 0 Å². The Hall–Kier alpha value is -2.52. The van der Waals surface area contributed by atoms with Crippen molar-refractivity contribution in [1.29, 1.82) is 0 Å². The minimum Gasteiger partial charge on any atom is -0.490 e. The van der Waals surface area contributed by atoms with Crippen molar-refractivity contribution in [2.45, 2.75) is 43.9 Å². The van der Waals surface area contributed by atoms with Crippen LogP contribution < -0.4 is 9.47 Å². The molecule has 1 aromatic carbocycles. The van der Waals surface area contributed by atoms with E-state index >= 15 is 0 Å². The molecule has 0 radical (unpaired) electrons. The summed E-state index contributed by atoms with van der Waals surface area (Å²) in [5, 5.41) is 11.5. The molecule has 1 fully saturated rings. The Labute approximate surface area is 195 Å². The molecule has 1 saturated heterocycles. The van der Waals surface area contributed by atoms with Crippen LogP contribution in [0.15, 0.2) is 40.9 Å². The third kappa shape index (κ3) is 4.23. The van der Waals surface area contributed by atoms with Gasteiger partial charge in [-0.25, -0.2) is 0 Å². The summed E-state index contributed by atoms with van der Waals surface area (Å²) in [5.74, 6) is 2.92. The van der Waals surface area contributed by atoms with Crippen LogP contribution >= 0.6 is 23.1 Å². The third-order valence-corrected chi connectivity index (χ3v) is 7.65. The number of carbonyl (C=O) groups excluding carboxylic acids is 1. The van der Waals surface area contributed by atoms with Gasteiger partial charge in [-0.2, -0.15) is 0 Å². The molecule has 168 valence electrons. The zero-order valence-electron chi connectivity index (χ0n) is 18.0. The highest BCUT2D eigenvalue weighted by Crippen LogP contribution is 2.38. The van der Waals surface area contributed by atoms with Crippen LogP contribution in [0.3, 0.4) is 0 Å². The highest BCUT2D eigenvalue weighted by molar-refractivity contribution is 7.99. The molecular formula is C23H26N4O3S2. The molecule has 32 heavy (non-hydrogen) atoms. The quantitative estimate of drug-likeness (QED) is 0.489. The van der Waals surface area contributed by atoms with Gasteiger partial charge >= 0.3 is 0 Å². The van der Waals surface area contributed by atoms with Gasteiger partial charge in [0.05, 0.1) is 29.9 Å². The van der Waals surface area contributed by atoms with Gasteiger partial charge in [-0.05, 0) is 48.9 Å². The molecule has 0 bridgehead atoms. The number of thiophene rings is 1. The number of aromatic nitrogens is 3. The Bertz CT molecular complexity index is 1080. The van der Waals surface area contributed by atoms with Crippen molar-refractivity contribution in [2.24, 2.45) is 0 Å². The molecule has 2 aliphatic heterocycles. The van der Waals surface area contributed by atoms with E-state index in [0.717, 1.165) is 65.3 Å². The lowest BCUT2D eigenvalue weighted by molar-refractivity contribution is -0.129. The Kier molecular flexibility index (Phi) is 6.36. The van der Waals surface area contributed by atoms with Gasteiger partial charge in [0.2, 0.25) is 5.91 Å². The molecule has 9 heteroatoms. The number of hydrogen-bond donors (Lipinski definition) is 0. The lowest BCUT2D eigenvalue weighted by Gasteiger charge is -2.25. The van der Waals surface area contributed by atoms with E-state index in [-0.39, 0.29) is 11.9 Å². The zero-order chi connectivity index (χ0) is 21.9. The normalized spacial score (nSPS) is 18.0. The largest absolute Gasteiger partial charge is 0.490 e. The molecule has 0 spiro atoms. The van der Waals surface area contributed by atoms with Crippen molar-refractivity contribution >= 4 is 29.0 Å². The van der Waals surface area contributed by atoms with Crippen LogP contribution in [0.4, 0.5) is 0 Å². The highest BCUT2D eigenvalue weighted by atomic mass is 32.2. The summed E-state index contributed by atoms with van der Waals surface area (Å²) in [6, 6.07) is 10.2. The maximum absolute atomic E-state index is 13.2. The Morgan fingerprint density at radius 2 is 2.06 bits per heavy atom. The molecule has 0 unspecified atom stereocenters. The van der Waals surface area contributed by atoms with Crippen molar-refractivity contribution in [3.63, 3.8) is 0 Å². The Balaban J connectivity index is 1.28. The van der Waals surface area contributed by atoms with Crippen LogP contribution in [0.2, 0.25) is 0 Å². The minimum atomic E-state index is 0.0750. The number of ether oxygens (including phenoxy) is 2. The molecule has 3 aromatic rings. The van der Waals surface area contributed by atoms with Crippen molar-refractivity contribution in [1.82, 2.24) is 19.7 Å². The fraction of sp³-hybridized carbons (Fsp3) is 0.435. The predicted octanol–water partition coefficient (Wildman–Crippen LogP) is 4.64. The molecule has 7 nitrogen and oxygen atoms in total. The molecule has 1 amide bonds. The van der Waals surface area contributed by atoms with Crippen molar-refractivity contribution in [3.8, 4) is 22.2 Å². The van der Waals surface area contributed by atoms with E-state index in [4.69, 9.17) is 9.47 Å². The van der Waals surface area contributed by atoms with Crippen molar-refractivity contribution < 1.29 is 14.3 Å². The van der Waals surface area contributed by atoms with E-state index in [2.05, 4.69) is 27.8 Å². The number of carbonyl (C=O) groups is 1. The number of hydrogen-bond acceptors (Lipinski definition) is 7. The van der Waals surface area contributed by atoms with E-state index in [0.29, 0.717) is 19.0 Å². The number of likely N-dealkylation sites (tertiary alicyclic amines) is 1. The molecule has 5 rings (SSSR count). The second-order valence-electron chi connectivity index (χ2n) is 7.82. The van der Waals surface area contributed by atoms with Crippen molar-refractivity contribution in [3.05, 3.63) is 41.3 Å². The van der Waals surface area contributed by atoms with E-state index in [1.54, 1.807) is 11.3 Å². The third-order valence-electron chi connectivity index (χ3n) is 5.83. The number of nitrogens with zero attached hydrogens (tertiary/aromatic N) is 4. The van der Waals surface area contributed by atoms with E-state index in [1.165, 1.54) is 11.8 Å². The maximum atomic E-state index is 13.2. The first-order valence-corrected chi connectivity index (χ1v) is 12.9. The van der Waals surface area contributed by atoms with Crippen LogP contribution in [0.25, 0.3) is 10.7 Å². The van der Waals surface area contributed by atoms with Gasteiger partial charge in [-0.3, -0.25) is 4.79 Å². The highest BCUT2D eigenvalue weighted by Gasteiger charge is 2.31. The fourth-order valence-corrected chi connectivity index (χ4v) is 5.88. The fourth-order valence-electron chi connectivity index (χ4n) is 4.28. The van der Waals surface area contributed by atoms with Crippen LogP contribution in [-0.4, -0.2) is 51.1 Å². The van der Waals surface area contributed by atoms with E-state index in [9.17, 15) is 4.79 Å². The van der Waals surface area contributed by atoms with Crippen molar-refractivity contribution in [2.75, 3.05) is 25.5 Å². The summed E-state index contributed by atoms with van der Waals surface area (Å²) >= 11 is 3.11. The summed E-state index contributed by atoms with van der Waals surface area (Å²) in [5.41, 5.74) is 1.11. The van der Waals surface area contributed by atoms with Gasteiger partial charge in [0.25, 0.3) is 0 Å². The number of fused-ring (bicyclic) bond motifs is 1. The number of benzene rings is 1. The molecule has 0 saturated carbocycles. The maximum Gasteiger partial charge on any atom is 0.233 e. The minimum absolute atomic E-state index is 0.0750. The van der Waals surface area contributed by atoms with Gasteiger partial charge in [0.1, 0.15) is 0 Å². The molecule has 0 aliphatic carbocycles. The Morgan fingerprint density at radius 1 is 1.19 bits per heavy atom. The molecule has 4 heterocycles. The monoisotopic (exact) mass is 470 g/mol. The standard InChI is InChI=1S/C23H26N4O3S2/c1-2-26-22(20-7-4-13-31-20)24-25-23(26)32-15-21(28)27-10-3-6-17(27)16-8-9-18-19(14-16)30-12-5-11-29-18/h4,7-9,13-14,17H,2-3,5-6,10-12,15H2,1H3/t17-/m0/s1. The van der Waals surface area contributed by atoms with Gasteiger partial charge in [-0.15, -0.1) is 21.5 Å². The summed E-state index contributed by atoms with van der Waals surface area (Å²) in [7, 11) is 0. The van der Waals surface area contributed by atoms with E-state index in [1.807, 2.05) is 34.5 Å². The Morgan fingerprint density at radius 3 is 2.88 bits per heavy atom. The lowest BCUT2D eigenvalue weighted by atomic mass is 10.0. The van der Waals surface area contributed by atoms with Gasteiger partial charge in [0, 0.05) is 19.5 Å². The molecule has 2 aliphatic rings. The van der Waals surface area contributed by atoms with Crippen LogP contribution in [-0.2, 0) is 11.3 Å². The first-order valence-electron chi connectivity index (χ1n) is 11.0.